The molecule has 0 aliphatic rings. The normalized spacial score (nSPS) is 11.8. The van der Waals surface area contributed by atoms with Gasteiger partial charge in [0.15, 0.2) is 0 Å². The van der Waals surface area contributed by atoms with E-state index in [4.69, 9.17) is 11.6 Å². The lowest BCUT2D eigenvalue weighted by Crippen LogP contribution is -2.40. The van der Waals surface area contributed by atoms with Crippen molar-refractivity contribution in [2.24, 2.45) is 7.05 Å². The van der Waals surface area contributed by atoms with Crippen LogP contribution in [0.2, 0.25) is 5.02 Å². The lowest BCUT2D eigenvalue weighted by Gasteiger charge is -2.20. The first-order valence-electron chi connectivity index (χ1n) is 8.55. The van der Waals surface area contributed by atoms with Crippen LogP contribution in [0.5, 0.6) is 0 Å². The predicted molar refractivity (Wildman–Crippen MR) is 103 cm³/mol. The second kappa shape index (κ2) is 8.68. The number of aromatic nitrogens is 2. The number of rotatable bonds is 6. The SMILES string of the molecule is Cn1ccnc1[C@@H](NC(=O)NCCc1cccc(Cl)c1)c1ccccc1F. The Labute approximate surface area is 162 Å². The Balaban J connectivity index is 1.68. The Morgan fingerprint density at radius 1 is 1.26 bits per heavy atom. The van der Waals surface area contributed by atoms with Crippen LogP contribution >= 0.6 is 11.6 Å². The zero-order valence-electron chi connectivity index (χ0n) is 14.8. The Morgan fingerprint density at radius 2 is 2.07 bits per heavy atom. The molecule has 140 valence electrons. The van der Waals surface area contributed by atoms with Gasteiger partial charge in [0.25, 0.3) is 0 Å². The highest BCUT2D eigenvalue weighted by Gasteiger charge is 2.23. The second-order valence-corrected chi connectivity index (χ2v) is 6.57. The first-order chi connectivity index (χ1) is 13.0. The summed E-state index contributed by atoms with van der Waals surface area (Å²) in [6, 6.07) is 12.7. The van der Waals surface area contributed by atoms with Crippen LogP contribution in [0.15, 0.2) is 60.9 Å². The molecule has 0 aliphatic carbocycles. The van der Waals surface area contributed by atoms with Gasteiger partial charge in [0.1, 0.15) is 17.7 Å². The van der Waals surface area contributed by atoms with E-state index < -0.39 is 17.9 Å². The van der Waals surface area contributed by atoms with E-state index in [1.165, 1.54) is 6.07 Å². The first kappa shape index (κ1) is 18.9. The lowest BCUT2D eigenvalue weighted by atomic mass is 10.1. The molecule has 0 saturated carbocycles. The fraction of sp³-hybridized carbons (Fsp3) is 0.200. The zero-order valence-corrected chi connectivity index (χ0v) is 15.6. The fourth-order valence-corrected chi connectivity index (χ4v) is 3.05. The van der Waals surface area contributed by atoms with E-state index in [2.05, 4.69) is 15.6 Å². The maximum absolute atomic E-state index is 14.3. The molecule has 27 heavy (non-hydrogen) atoms. The van der Waals surface area contributed by atoms with Gasteiger partial charge in [0, 0.05) is 36.6 Å². The average Bonchev–Trinajstić information content (AvgIpc) is 3.06. The third-order valence-electron chi connectivity index (χ3n) is 4.20. The summed E-state index contributed by atoms with van der Waals surface area (Å²) in [6.45, 7) is 0.427. The van der Waals surface area contributed by atoms with E-state index in [-0.39, 0.29) is 0 Å². The third-order valence-corrected chi connectivity index (χ3v) is 4.43. The molecule has 0 saturated heterocycles. The summed E-state index contributed by atoms with van der Waals surface area (Å²) >= 11 is 5.97. The maximum atomic E-state index is 14.3. The Bertz CT molecular complexity index is 928. The van der Waals surface area contributed by atoms with Crippen LogP contribution in [-0.2, 0) is 13.5 Å². The minimum atomic E-state index is -0.697. The summed E-state index contributed by atoms with van der Waals surface area (Å²) in [5.74, 6) is 0.148. The minimum absolute atomic E-state index is 0.358. The van der Waals surface area contributed by atoms with Crippen molar-refractivity contribution in [1.82, 2.24) is 20.2 Å². The molecule has 0 unspecified atom stereocenters. The van der Waals surface area contributed by atoms with Gasteiger partial charge in [-0.2, -0.15) is 0 Å². The summed E-state index contributed by atoms with van der Waals surface area (Å²) in [6.07, 6.45) is 4.00. The van der Waals surface area contributed by atoms with Crippen molar-refractivity contribution >= 4 is 17.6 Å². The summed E-state index contributed by atoms with van der Waals surface area (Å²) in [5.41, 5.74) is 1.38. The van der Waals surface area contributed by atoms with Gasteiger partial charge in [-0.3, -0.25) is 0 Å². The van der Waals surface area contributed by atoms with Crippen molar-refractivity contribution in [3.05, 3.63) is 88.7 Å². The molecule has 0 bridgehead atoms. The van der Waals surface area contributed by atoms with E-state index in [1.807, 2.05) is 18.2 Å². The monoisotopic (exact) mass is 386 g/mol. The quantitative estimate of drug-likeness (QED) is 0.676. The molecule has 0 spiro atoms. The molecule has 1 atom stereocenters. The largest absolute Gasteiger partial charge is 0.338 e. The van der Waals surface area contributed by atoms with Gasteiger partial charge in [-0.25, -0.2) is 14.2 Å². The Kier molecular flexibility index (Phi) is 6.08. The number of amides is 2. The molecule has 3 rings (SSSR count). The van der Waals surface area contributed by atoms with E-state index in [0.29, 0.717) is 29.4 Å². The highest BCUT2D eigenvalue weighted by molar-refractivity contribution is 6.30. The van der Waals surface area contributed by atoms with Gasteiger partial charge in [-0.1, -0.05) is 41.9 Å². The molecule has 2 amide bonds. The van der Waals surface area contributed by atoms with Crippen LogP contribution in [0, 0.1) is 5.82 Å². The molecule has 7 heteroatoms. The summed E-state index contributed by atoms with van der Waals surface area (Å²) in [5, 5.41) is 6.27. The van der Waals surface area contributed by atoms with Crippen molar-refractivity contribution in [1.29, 1.82) is 0 Å². The van der Waals surface area contributed by atoms with Crippen LogP contribution in [0.3, 0.4) is 0 Å². The molecule has 5 nitrogen and oxygen atoms in total. The summed E-state index contributed by atoms with van der Waals surface area (Å²) in [7, 11) is 1.80. The Morgan fingerprint density at radius 3 is 2.78 bits per heavy atom. The van der Waals surface area contributed by atoms with Crippen LogP contribution in [0.1, 0.15) is 23.0 Å². The first-order valence-corrected chi connectivity index (χ1v) is 8.93. The van der Waals surface area contributed by atoms with Gasteiger partial charge >= 0.3 is 6.03 Å². The number of hydrogen-bond donors (Lipinski definition) is 2. The number of carbonyl (C=O) groups is 1. The van der Waals surface area contributed by atoms with Crippen LogP contribution < -0.4 is 10.6 Å². The minimum Gasteiger partial charge on any atom is -0.338 e. The van der Waals surface area contributed by atoms with Crippen molar-refractivity contribution in [3.63, 3.8) is 0 Å². The van der Waals surface area contributed by atoms with Crippen LogP contribution in [-0.4, -0.2) is 22.1 Å². The summed E-state index contributed by atoms with van der Waals surface area (Å²) < 4.78 is 16.1. The van der Waals surface area contributed by atoms with E-state index in [0.717, 1.165) is 5.56 Å². The highest BCUT2D eigenvalue weighted by Crippen LogP contribution is 2.22. The van der Waals surface area contributed by atoms with E-state index >= 15 is 0 Å². The van der Waals surface area contributed by atoms with Gasteiger partial charge in [-0.15, -0.1) is 0 Å². The third kappa shape index (κ3) is 4.86. The molecule has 1 heterocycles. The molecule has 0 aliphatic heterocycles. The molecule has 2 N–H and O–H groups in total. The van der Waals surface area contributed by atoms with Crippen molar-refractivity contribution < 1.29 is 9.18 Å². The number of benzene rings is 2. The number of nitrogens with zero attached hydrogens (tertiary/aromatic N) is 2. The molecule has 1 aromatic heterocycles. The van der Waals surface area contributed by atoms with Gasteiger partial charge in [0.05, 0.1) is 0 Å². The van der Waals surface area contributed by atoms with Crippen LogP contribution in [0.25, 0.3) is 0 Å². The smallest absolute Gasteiger partial charge is 0.315 e. The number of imidazole rings is 1. The average molecular weight is 387 g/mol. The highest BCUT2D eigenvalue weighted by atomic mass is 35.5. The van der Waals surface area contributed by atoms with Crippen molar-refractivity contribution in [3.8, 4) is 0 Å². The maximum Gasteiger partial charge on any atom is 0.315 e. The fourth-order valence-electron chi connectivity index (χ4n) is 2.84. The molecule has 0 radical (unpaired) electrons. The Hall–Kier alpha value is -2.86. The molecule has 2 aromatic carbocycles. The van der Waals surface area contributed by atoms with Crippen molar-refractivity contribution in [2.45, 2.75) is 12.5 Å². The van der Waals surface area contributed by atoms with Gasteiger partial charge in [0.2, 0.25) is 0 Å². The number of carbonyl (C=O) groups excluding carboxylic acids is 1. The van der Waals surface area contributed by atoms with Gasteiger partial charge < -0.3 is 15.2 Å². The second-order valence-electron chi connectivity index (χ2n) is 6.13. The molecular formula is C20H20ClFN4O. The van der Waals surface area contributed by atoms with E-state index in [1.54, 1.807) is 48.3 Å². The van der Waals surface area contributed by atoms with Crippen molar-refractivity contribution in [2.75, 3.05) is 6.54 Å². The zero-order chi connectivity index (χ0) is 19.2. The number of halogens is 2. The topological polar surface area (TPSA) is 59.0 Å². The standard InChI is InChI=1S/C20H20ClFN4O/c1-26-12-11-23-19(26)18(16-7-2-3-8-17(16)22)25-20(27)24-10-9-14-5-4-6-15(21)13-14/h2-8,11-13,18H,9-10H2,1H3,(H2,24,25,27)/t18-/m0/s1. The number of urea groups is 1. The van der Waals surface area contributed by atoms with Crippen LogP contribution in [0.4, 0.5) is 9.18 Å². The summed E-state index contributed by atoms with van der Waals surface area (Å²) in [4.78, 5) is 16.7. The number of hydrogen-bond acceptors (Lipinski definition) is 2. The van der Waals surface area contributed by atoms with Gasteiger partial charge in [-0.05, 0) is 30.2 Å². The predicted octanol–water partition coefficient (Wildman–Crippen LogP) is 3.84. The molecule has 3 aromatic rings. The van der Waals surface area contributed by atoms with E-state index in [9.17, 15) is 9.18 Å². The number of aryl methyl sites for hydroxylation is 1. The lowest BCUT2D eigenvalue weighted by molar-refractivity contribution is 0.238. The number of nitrogens with one attached hydrogen (secondary N) is 2. The molecule has 0 fully saturated rings. The molecular weight excluding hydrogens is 367 g/mol.